The summed E-state index contributed by atoms with van der Waals surface area (Å²) in [6.07, 6.45) is 0.249. The fraction of sp³-hybridized carbons (Fsp3) is 0.727. The minimum Gasteiger partial charge on any atom is -0.460 e. The summed E-state index contributed by atoms with van der Waals surface area (Å²) in [6.45, 7) is 6.51. The van der Waals surface area contributed by atoms with E-state index in [1.165, 1.54) is 9.21 Å². The van der Waals surface area contributed by atoms with Crippen molar-refractivity contribution in [3.8, 4) is 11.8 Å². The van der Waals surface area contributed by atoms with Gasteiger partial charge in [-0.2, -0.15) is 0 Å². The third kappa shape index (κ3) is 14.0. The van der Waals surface area contributed by atoms with Crippen molar-refractivity contribution in [2.45, 2.75) is 32.8 Å². The summed E-state index contributed by atoms with van der Waals surface area (Å²) in [4.78, 5) is 11.3. The molecular weight excluding hydrogens is 355 g/mol. The zero-order chi connectivity index (χ0) is 13.1. The molecule has 0 spiro atoms. The Bertz CT molecular complexity index is 277. The van der Waals surface area contributed by atoms with Crippen molar-refractivity contribution in [3.05, 3.63) is 0 Å². The van der Waals surface area contributed by atoms with Gasteiger partial charge in [-0.3, -0.25) is 8.98 Å². The Morgan fingerprint density at radius 2 is 1.94 bits per heavy atom. The van der Waals surface area contributed by atoms with Crippen LogP contribution in [0, 0.1) is 11.8 Å². The molecule has 0 atom stereocenters. The van der Waals surface area contributed by atoms with E-state index < -0.39 is 5.60 Å². The lowest BCUT2D eigenvalue weighted by molar-refractivity contribution is -0.155. The molecule has 98 valence electrons. The highest BCUT2D eigenvalue weighted by Gasteiger charge is 2.15. The summed E-state index contributed by atoms with van der Waals surface area (Å²) in [6, 6.07) is 0. The number of carbonyl (C=O) groups is 1. The summed E-state index contributed by atoms with van der Waals surface area (Å²) >= 11 is 2.02. The molecule has 0 bridgehead atoms. The lowest BCUT2D eigenvalue weighted by atomic mass is 10.2. The zero-order valence-electron chi connectivity index (χ0n) is 10.2. The SMILES string of the molecule is CC(C)(C)OC(=O)CCOCC#CCOSI. The van der Waals surface area contributed by atoms with Crippen LogP contribution in [-0.2, 0) is 18.5 Å². The van der Waals surface area contributed by atoms with Crippen LogP contribution in [0.1, 0.15) is 27.2 Å². The Morgan fingerprint density at radius 3 is 2.53 bits per heavy atom. The van der Waals surface area contributed by atoms with E-state index in [0.717, 1.165) is 0 Å². The van der Waals surface area contributed by atoms with Crippen LogP contribution in [0.25, 0.3) is 0 Å². The van der Waals surface area contributed by atoms with Gasteiger partial charge in [0.15, 0.2) is 0 Å². The molecule has 0 unspecified atom stereocenters. The number of rotatable bonds is 6. The largest absolute Gasteiger partial charge is 0.460 e. The topological polar surface area (TPSA) is 44.8 Å². The average molecular weight is 372 g/mol. The minimum atomic E-state index is -0.439. The molecule has 0 aliphatic heterocycles. The molecule has 0 N–H and O–H groups in total. The van der Waals surface area contributed by atoms with Crippen LogP contribution in [0.2, 0.25) is 0 Å². The molecule has 4 nitrogen and oxygen atoms in total. The highest BCUT2D eigenvalue weighted by atomic mass is 127. The van der Waals surface area contributed by atoms with Crippen LogP contribution in [-0.4, -0.2) is 31.4 Å². The van der Waals surface area contributed by atoms with Gasteiger partial charge in [-0.25, -0.2) is 0 Å². The standard InChI is InChI=1S/C11H17IO4S/c1-11(2,3)16-10(13)6-9-14-7-4-5-8-15-17-12/h6-9H2,1-3H3. The zero-order valence-corrected chi connectivity index (χ0v) is 13.2. The van der Waals surface area contributed by atoms with E-state index in [0.29, 0.717) is 19.8 Å². The molecular formula is C11H17IO4S. The summed E-state index contributed by atoms with van der Waals surface area (Å²) in [5.41, 5.74) is -0.439. The van der Waals surface area contributed by atoms with E-state index >= 15 is 0 Å². The van der Waals surface area contributed by atoms with Crippen molar-refractivity contribution in [3.63, 3.8) is 0 Å². The van der Waals surface area contributed by atoms with Gasteiger partial charge in [0.2, 0.25) is 0 Å². The van der Waals surface area contributed by atoms with Crippen molar-refractivity contribution < 1.29 is 18.5 Å². The molecule has 0 saturated heterocycles. The van der Waals surface area contributed by atoms with Crippen molar-refractivity contribution in [2.24, 2.45) is 0 Å². The summed E-state index contributed by atoms with van der Waals surface area (Å²) in [5, 5.41) is 0. The molecule has 0 aliphatic carbocycles. The van der Waals surface area contributed by atoms with Crippen molar-refractivity contribution in [1.29, 1.82) is 0 Å². The Labute approximate surface area is 119 Å². The molecule has 6 heteroatoms. The molecule has 0 heterocycles. The van der Waals surface area contributed by atoms with Crippen LogP contribution in [0.5, 0.6) is 0 Å². The highest BCUT2D eigenvalue weighted by molar-refractivity contribution is 14.2. The van der Waals surface area contributed by atoms with E-state index in [2.05, 4.69) is 11.8 Å². The number of ether oxygens (including phenoxy) is 2. The van der Waals surface area contributed by atoms with Gasteiger partial charge in [-0.1, -0.05) is 11.8 Å². The minimum absolute atomic E-state index is 0.249. The first-order valence-electron chi connectivity index (χ1n) is 5.11. The number of hydrogen-bond acceptors (Lipinski definition) is 5. The maximum atomic E-state index is 11.3. The summed E-state index contributed by atoms with van der Waals surface area (Å²) < 4.78 is 15.2. The summed E-state index contributed by atoms with van der Waals surface area (Å²) in [5.74, 6) is 5.30. The Kier molecular flexibility index (Phi) is 10.0. The van der Waals surface area contributed by atoms with Gasteiger partial charge in [0.1, 0.15) is 18.8 Å². The second kappa shape index (κ2) is 10.00. The van der Waals surface area contributed by atoms with E-state index in [1.54, 1.807) is 0 Å². The number of hydrogen-bond donors (Lipinski definition) is 0. The molecule has 0 saturated carbocycles. The van der Waals surface area contributed by atoms with Crippen LogP contribution in [0.4, 0.5) is 0 Å². The van der Waals surface area contributed by atoms with E-state index in [9.17, 15) is 4.79 Å². The molecule has 0 rings (SSSR count). The molecule has 17 heavy (non-hydrogen) atoms. The number of halogens is 1. The molecule has 0 aromatic rings. The lowest BCUT2D eigenvalue weighted by Crippen LogP contribution is -2.24. The molecule has 0 fully saturated rings. The maximum Gasteiger partial charge on any atom is 0.308 e. The van der Waals surface area contributed by atoms with Crippen LogP contribution < -0.4 is 0 Å². The van der Waals surface area contributed by atoms with Crippen LogP contribution in [0.15, 0.2) is 0 Å². The van der Waals surface area contributed by atoms with Gasteiger partial charge < -0.3 is 9.47 Å². The summed E-state index contributed by atoms with van der Waals surface area (Å²) in [7, 11) is 1.24. The first-order valence-corrected chi connectivity index (χ1v) is 8.39. The predicted molar refractivity (Wildman–Crippen MR) is 76.6 cm³/mol. The second-order valence-corrected chi connectivity index (χ2v) is 5.51. The average Bonchev–Trinajstić information content (AvgIpc) is 2.19. The van der Waals surface area contributed by atoms with Gasteiger partial charge in [-0.05, 0) is 20.8 Å². The van der Waals surface area contributed by atoms with E-state index in [4.69, 9.17) is 13.7 Å². The predicted octanol–water partition coefficient (Wildman–Crippen LogP) is 2.75. The first kappa shape index (κ1) is 17.0. The van der Waals surface area contributed by atoms with Crippen LogP contribution >= 0.6 is 30.4 Å². The quantitative estimate of drug-likeness (QED) is 0.236. The third-order valence-electron chi connectivity index (χ3n) is 1.35. The molecule has 0 amide bonds. The molecule has 0 aromatic carbocycles. The Morgan fingerprint density at radius 1 is 1.29 bits per heavy atom. The van der Waals surface area contributed by atoms with Gasteiger partial charge in [-0.15, -0.1) is 0 Å². The first-order chi connectivity index (χ1) is 7.95. The highest BCUT2D eigenvalue weighted by Crippen LogP contribution is 2.10. The second-order valence-electron chi connectivity index (χ2n) is 4.07. The normalized spacial score (nSPS) is 10.6. The Balaban J connectivity index is 3.44. The smallest absolute Gasteiger partial charge is 0.308 e. The van der Waals surface area contributed by atoms with Crippen molar-refractivity contribution in [1.82, 2.24) is 0 Å². The van der Waals surface area contributed by atoms with Crippen molar-refractivity contribution >= 4 is 36.4 Å². The van der Waals surface area contributed by atoms with E-state index in [1.807, 2.05) is 42.0 Å². The van der Waals surface area contributed by atoms with Crippen LogP contribution in [0.3, 0.4) is 0 Å². The van der Waals surface area contributed by atoms with Gasteiger partial charge in [0.05, 0.1) is 22.2 Å². The number of esters is 1. The molecule has 0 aliphatic rings. The van der Waals surface area contributed by atoms with Gasteiger partial charge >= 0.3 is 5.97 Å². The monoisotopic (exact) mass is 372 g/mol. The lowest BCUT2D eigenvalue weighted by Gasteiger charge is -2.19. The van der Waals surface area contributed by atoms with Gasteiger partial charge in [0, 0.05) is 21.2 Å². The van der Waals surface area contributed by atoms with Crippen molar-refractivity contribution in [2.75, 3.05) is 19.8 Å². The molecule has 0 radical (unpaired) electrons. The van der Waals surface area contributed by atoms with E-state index in [-0.39, 0.29) is 12.4 Å². The third-order valence-corrected chi connectivity index (χ3v) is 2.32. The molecule has 0 aromatic heterocycles. The Hall–Kier alpha value is 0.0300. The number of carbonyl (C=O) groups excluding carboxylic acids is 1. The van der Waals surface area contributed by atoms with Gasteiger partial charge in [0.25, 0.3) is 0 Å². The maximum absolute atomic E-state index is 11.3. The fourth-order valence-corrected chi connectivity index (χ4v) is 1.31. The fourth-order valence-electron chi connectivity index (χ4n) is 0.825.